The van der Waals surface area contributed by atoms with Crippen molar-refractivity contribution in [3.8, 4) is 0 Å². The molecule has 0 aromatic carbocycles. The maximum absolute atomic E-state index is 11.9. The molecular weight excluding hydrogens is 238 g/mol. The Balaban J connectivity index is 2.93. The molecule has 0 amide bonds. The average Bonchev–Trinajstić information content (AvgIpc) is 2.28. The van der Waals surface area contributed by atoms with Gasteiger partial charge in [-0.3, -0.25) is 9.78 Å². The van der Waals surface area contributed by atoms with Crippen molar-refractivity contribution in [3.63, 3.8) is 0 Å². The summed E-state index contributed by atoms with van der Waals surface area (Å²) in [4.78, 5) is 15.4. The summed E-state index contributed by atoms with van der Waals surface area (Å²) in [6.45, 7) is 3.78. The van der Waals surface area contributed by atoms with Gasteiger partial charge >= 0.3 is 0 Å². The van der Waals surface area contributed by atoms with E-state index in [-0.39, 0.29) is 10.7 Å². The van der Waals surface area contributed by atoms with Crippen molar-refractivity contribution in [2.24, 2.45) is 0 Å². The van der Waals surface area contributed by atoms with Gasteiger partial charge in [0.25, 0.3) is 0 Å². The Hall–Kier alpha value is -1.23. The zero-order valence-electron chi connectivity index (χ0n) is 10.1. The van der Waals surface area contributed by atoms with Crippen LogP contribution in [-0.2, 0) is 21.1 Å². The van der Waals surface area contributed by atoms with Crippen LogP contribution in [0, 0.1) is 0 Å². The third-order valence-corrected chi connectivity index (χ3v) is 4.06. The molecule has 0 unspecified atom stereocenters. The molecule has 0 aliphatic heterocycles. The Labute approximate surface area is 102 Å². The highest BCUT2D eigenvalue weighted by Crippen LogP contribution is 2.13. The first-order valence-electron chi connectivity index (χ1n) is 5.68. The van der Waals surface area contributed by atoms with E-state index in [0.717, 1.165) is 12.0 Å². The van der Waals surface area contributed by atoms with Gasteiger partial charge in [-0.1, -0.05) is 13.8 Å². The van der Waals surface area contributed by atoms with E-state index in [2.05, 4.69) is 4.98 Å². The number of nitrogens with zero attached hydrogens (tertiary/aromatic N) is 1. The first kappa shape index (κ1) is 13.8. The van der Waals surface area contributed by atoms with Gasteiger partial charge in [0.1, 0.15) is 11.5 Å². The number of ketones is 1. The fourth-order valence-electron chi connectivity index (χ4n) is 1.47. The van der Waals surface area contributed by atoms with E-state index in [9.17, 15) is 13.2 Å². The quantitative estimate of drug-likeness (QED) is 0.777. The lowest BCUT2D eigenvalue weighted by Gasteiger charge is -2.04. The molecule has 0 bridgehead atoms. The number of aromatic nitrogens is 1. The first-order valence-corrected chi connectivity index (χ1v) is 7.33. The predicted octanol–water partition coefficient (Wildman–Crippen LogP) is 1.79. The van der Waals surface area contributed by atoms with Gasteiger partial charge in [-0.2, -0.15) is 0 Å². The Kier molecular flexibility index (Phi) is 4.81. The van der Waals surface area contributed by atoms with Gasteiger partial charge in [-0.05, 0) is 24.5 Å². The molecule has 0 saturated carbocycles. The van der Waals surface area contributed by atoms with E-state index < -0.39 is 15.6 Å². The number of hydrogen-bond acceptors (Lipinski definition) is 4. The minimum atomic E-state index is -3.53. The van der Waals surface area contributed by atoms with Crippen molar-refractivity contribution in [3.05, 3.63) is 24.0 Å². The van der Waals surface area contributed by atoms with Crippen LogP contribution in [0.4, 0.5) is 0 Å². The van der Waals surface area contributed by atoms with Crippen molar-refractivity contribution in [2.45, 2.75) is 38.0 Å². The Morgan fingerprint density at radius 1 is 1.29 bits per heavy atom. The summed E-state index contributed by atoms with van der Waals surface area (Å²) in [6.07, 6.45) is 4.63. The summed E-state index contributed by atoms with van der Waals surface area (Å²) >= 11 is 0. The molecule has 1 rings (SSSR count). The molecular formula is C12H17NO3S. The summed E-state index contributed by atoms with van der Waals surface area (Å²) in [5, 5.41) is 0. The number of aryl methyl sites for hydroxylation is 1. The molecule has 4 nitrogen and oxygen atoms in total. The maximum atomic E-state index is 11.9. The van der Waals surface area contributed by atoms with Gasteiger partial charge in [0, 0.05) is 18.8 Å². The second-order valence-corrected chi connectivity index (χ2v) is 5.92. The van der Waals surface area contributed by atoms with Crippen LogP contribution in [0.25, 0.3) is 0 Å². The smallest absolute Gasteiger partial charge is 0.186 e. The van der Waals surface area contributed by atoms with Gasteiger partial charge in [-0.15, -0.1) is 0 Å². The van der Waals surface area contributed by atoms with Crippen LogP contribution < -0.4 is 0 Å². The van der Waals surface area contributed by atoms with Crippen molar-refractivity contribution in [1.29, 1.82) is 0 Å². The first-order chi connectivity index (χ1) is 7.99. The van der Waals surface area contributed by atoms with Crippen LogP contribution >= 0.6 is 0 Å². The third kappa shape index (κ3) is 3.93. The molecule has 0 N–H and O–H groups in total. The number of Topliss-reactive ketones (excluding diaryl/α,β-unsaturated/α-hetero) is 1. The van der Waals surface area contributed by atoms with Gasteiger partial charge in [0.15, 0.2) is 9.84 Å². The summed E-state index contributed by atoms with van der Waals surface area (Å²) in [5.74, 6) is -0.662. The molecule has 1 heterocycles. The molecule has 0 atom stereocenters. The highest BCUT2D eigenvalue weighted by molar-refractivity contribution is 7.92. The number of sulfone groups is 1. The van der Waals surface area contributed by atoms with Gasteiger partial charge in [0.2, 0.25) is 0 Å². The molecule has 1 aromatic heterocycles. The molecule has 0 saturated heterocycles. The topological polar surface area (TPSA) is 64.1 Å². The molecule has 0 aliphatic rings. The van der Waals surface area contributed by atoms with E-state index in [1.54, 1.807) is 12.3 Å². The van der Waals surface area contributed by atoms with Gasteiger partial charge in [-0.25, -0.2) is 8.42 Å². The second-order valence-electron chi connectivity index (χ2n) is 3.93. The molecule has 0 spiro atoms. The van der Waals surface area contributed by atoms with Crippen LogP contribution in [-0.4, -0.2) is 24.9 Å². The molecule has 0 radical (unpaired) electrons. The summed E-state index contributed by atoms with van der Waals surface area (Å²) in [5.41, 5.74) is 0.856. The van der Waals surface area contributed by atoms with Crippen LogP contribution in [0.15, 0.2) is 23.4 Å². The standard InChI is InChI=1S/C12H17NO3S/c1-3-5-11(14)9-17(15,16)12-6-10(4-2)7-13-8-12/h6-8H,3-5,9H2,1-2H3. The van der Waals surface area contributed by atoms with E-state index in [1.165, 1.54) is 6.20 Å². The SMILES string of the molecule is CCCC(=O)CS(=O)(=O)c1cncc(CC)c1. The molecule has 1 aromatic rings. The van der Waals surface area contributed by atoms with E-state index in [1.807, 2.05) is 13.8 Å². The number of hydrogen-bond donors (Lipinski definition) is 0. The van der Waals surface area contributed by atoms with Crippen molar-refractivity contribution in [1.82, 2.24) is 4.98 Å². The molecule has 94 valence electrons. The molecule has 0 fully saturated rings. The van der Waals surface area contributed by atoms with Crippen molar-refractivity contribution in [2.75, 3.05) is 5.75 Å². The summed E-state index contributed by atoms with van der Waals surface area (Å²) in [6, 6.07) is 1.58. The highest BCUT2D eigenvalue weighted by Gasteiger charge is 2.19. The highest BCUT2D eigenvalue weighted by atomic mass is 32.2. The number of rotatable bonds is 6. The Morgan fingerprint density at radius 2 is 2.00 bits per heavy atom. The Morgan fingerprint density at radius 3 is 2.59 bits per heavy atom. The third-order valence-electron chi connectivity index (χ3n) is 2.42. The van der Waals surface area contributed by atoms with Crippen molar-refractivity contribution >= 4 is 15.6 Å². The maximum Gasteiger partial charge on any atom is 0.186 e. The molecule has 17 heavy (non-hydrogen) atoms. The average molecular weight is 255 g/mol. The normalized spacial score (nSPS) is 11.4. The summed E-state index contributed by atoms with van der Waals surface area (Å²) in [7, 11) is -3.53. The molecule has 5 heteroatoms. The lowest BCUT2D eigenvalue weighted by atomic mass is 10.2. The van der Waals surface area contributed by atoms with Crippen LogP contribution in [0.2, 0.25) is 0 Å². The minimum Gasteiger partial charge on any atom is -0.299 e. The van der Waals surface area contributed by atoms with Crippen LogP contribution in [0.1, 0.15) is 32.3 Å². The Bertz CT molecular complexity index is 494. The predicted molar refractivity (Wildman–Crippen MR) is 65.6 cm³/mol. The number of carbonyl (C=O) groups is 1. The van der Waals surface area contributed by atoms with Crippen molar-refractivity contribution < 1.29 is 13.2 Å². The zero-order chi connectivity index (χ0) is 12.9. The molecule has 0 aliphatic carbocycles. The largest absolute Gasteiger partial charge is 0.299 e. The zero-order valence-corrected chi connectivity index (χ0v) is 11.0. The fourth-order valence-corrected chi connectivity index (χ4v) is 2.76. The summed E-state index contributed by atoms with van der Waals surface area (Å²) < 4.78 is 23.8. The van der Waals surface area contributed by atoms with Crippen LogP contribution in [0.3, 0.4) is 0 Å². The minimum absolute atomic E-state index is 0.140. The monoisotopic (exact) mass is 255 g/mol. The second kappa shape index (κ2) is 5.91. The van der Waals surface area contributed by atoms with E-state index in [0.29, 0.717) is 12.8 Å². The lowest BCUT2D eigenvalue weighted by molar-refractivity contribution is -0.116. The van der Waals surface area contributed by atoms with E-state index in [4.69, 9.17) is 0 Å². The number of pyridine rings is 1. The fraction of sp³-hybridized carbons (Fsp3) is 0.500. The van der Waals surface area contributed by atoms with E-state index >= 15 is 0 Å². The van der Waals surface area contributed by atoms with Gasteiger partial charge < -0.3 is 0 Å². The lowest BCUT2D eigenvalue weighted by Crippen LogP contribution is -2.16. The number of carbonyl (C=O) groups excluding carboxylic acids is 1. The van der Waals surface area contributed by atoms with Crippen LogP contribution in [0.5, 0.6) is 0 Å². The van der Waals surface area contributed by atoms with Gasteiger partial charge in [0.05, 0.1) is 4.90 Å².